The summed E-state index contributed by atoms with van der Waals surface area (Å²) in [4.78, 5) is 12.2. The maximum absolute atomic E-state index is 12.2. The topological polar surface area (TPSA) is 53.4 Å². The Labute approximate surface area is 119 Å². The predicted molar refractivity (Wildman–Crippen MR) is 73.3 cm³/mol. The van der Waals surface area contributed by atoms with Gasteiger partial charge in [0.15, 0.2) is 0 Å². The van der Waals surface area contributed by atoms with Gasteiger partial charge >= 0.3 is 5.97 Å². The van der Waals surface area contributed by atoms with Gasteiger partial charge in [0, 0.05) is 31.7 Å². The average molecular weight is 278 g/mol. The van der Waals surface area contributed by atoms with Crippen molar-refractivity contribution in [3.63, 3.8) is 0 Å². The lowest BCUT2D eigenvalue weighted by Gasteiger charge is -2.52. The molecule has 2 aliphatic rings. The largest absolute Gasteiger partial charge is 0.457 e. The summed E-state index contributed by atoms with van der Waals surface area (Å²) in [6.07, 6.45) is 7.36. The molecular weight excluding hydrogens is 256 g/mol. The number of esters is 1. The van der Waals surface area contributed by atoms with Crippen LogP contribution in [0, 0.1) is 5.41 Å². The fraction of sp³-hybridized carbons (Fsp3) is 0.733. The highest BCUT2D eigenvalue weighted by Gasteiger charge is 2.58. The number of carbonyl (C=O) groups excluding carboxylic acids is 1. The van der Waals surface area contributed by atoms with Crippen molar-refractivity contribution in [1.29, 1.82) is 0 Å². The van der Waals surface area contributed by atoms with Gasteiger partial charge in [0.25, 0.3) is 0 Å². The van der Waals surface area contributed by atoms with Gasteiger partial charge in [-0.1, -0.05) is 12.8 Å². The summed E-state index contributed by atoms with van der Waals surface area (Å²) in [6, 6.07) is 1.70. The Morgan fingerprint density at radius 1 is 1.45 bits per heavy atom. The third-order valence-electron chi connectivity index (χ3n) is 4.89. The fourth-order valence-electron chi connectivity index (χ4n) is 3.75. The molecule has 1 spiro atoms. The quantitative estimate of drug-likeness (QED) is 0.793. The van der Waals surface area contributed by atoms with E-state index in [1.165, 1.54) is 12.8 Å². The van der Waals surface area contributed by atoms with Crippen molar-refractivity contribution in [3.05, 3.63) is 18.0 Å². The van der Waals surface area contributed by atoms with Gasteiger partial charge in [-0.25, -0.2) is 4.79 Å². The normalized spacial score (nSPS) is 27.5. The van der Waals surface area contributed by atoms with Gasteiger partial charge in [-0.3, -0.25) is 4.68 Å². The second-order valence-electron chi connectivity index (χ2n) is 5.85. The minimum atomic E-state index is -0.267. The summed E-state index contributed by atoms with van der Waals surface area (Å²) in [5.41, 5.74) is 0.586. The van der Waals surface area contributed by atoms with Gasteiger partial charge < -0.3 is 9.47 Å². The van der Waals surface area contributed by atoms with Crippen LogP contribution >= 0.6 is 0 Å². The molecule has 0 unspecified atom stereocenters. The van der Waals surface area contributed by atoms with Gasteiger partial charge in [-0.15, -0.1) is 0 Å². The second-order valence-corrected chi connectivity index (χ2v) is 5.85. The third-order valence-corrected chi connectivity index (χ3v) is 4.89. The van der Waals surface area contributed by atoms with E-state index < -0.39 is 0 Å². The lowest BCUT2D eigenvalue weighted by Crippen LogP contribution is -2.58. The molecule has 5 nitrogen and oxygen atoms in total. The standard InChI is InChI=1S/C15H22N2O3/c1-3-19-12-10-13(15(12)7-4-5-8-15)20-14(18)11-6-9-16-17(11)2/h6,9,12-13H,3-5,7-8,10H2,1-2H3/t12-,13-/m1/s1. The Morgan fingerprint density at radius 2 is 2.20 bits per heavy atom. The first-order chi connectivity index (χ1) is 9.67. The zero-order chi connectivity index (χ0) is 14.2. The van der Waals surface area contributed by atoms with Crippen molar-refractivity contribution in [2.45, 2.75) is 51.2 Å². The van der Waals surface area contributed by atoms with Crippen LogP contribution in [0.1, 0.15) is 49.5 Å². The summed E-state index contributed by atoms with van der Waals surface area (Å²) < 4.78 is 13.1. The number of rotatable bonds is 4. The summed E-state index contributed by atoms with van der Waals surface area (Å²) in [5.74, 6) is -0.267. The first-order valence-corrected chi connectivity index (χ1v) is 7.48. The lowest BCUT2D eigenvalue weighted by molar-refractivity contribution is -0.189. The third kappa shape index (κ3) is 2.04. The number of hydrogen-bond donors (Lipinski definition) is 0. The molecule has 0 aromatic carbocycles. The molecule has 1 heterocycles. The molecule has 2 fully saturated rings. The fourth-order valence-corrected chi connectivity index (χ4v) is 3.75. The van der Waals surface area contributed by atoms with E-state index in [0.717, 1.165) is 25.9 Å². The maximum Gasteiger partial charge on any atom is 0.356 e. The van der Waals surface area contributed by atoms with Crippen molar-refractivity contribution in [2.75, 3.05) is 6.61 Å². The molecule has 2 saturated carbocycles. The van der Waals surface area contributed by atoms with Crippen LogP contribution in [-0.2, 0) is 16.5 Å². The Kier molecular flexibility index (Phi) is 3.54. The highest BCUT2D eigenvalue weighted by atomic mass is 16.6. The molecule has 0 N–H and O–H groups in total. The van der Waals surface area contributed by atoms with E-state index in [1.54, 1.807) is 24.0 Å². The summed E-state index contributed by atoms with van der Waals surface area (Å²) in [7, 11) is 1.76. The Bertz CT molecular complexity index is 491. The average Bonchev–Trinajstić information content (AvgIpc) is 3.07. The van der Waals surface area contributed by atoms with Crippen molar-refractivity contribution in [1.82, 2.24) is 9.78 Å². The highest BCUT2D eigenvalue weighted by molar-refractivity contribution is 5.87. The van der Waals surface area contributed by atoms with Crippen LogP contribution in [0.4, 0.5) is 0 Å². The molecule has 2 atom stereocenters. The van der Waals surface area contributed by atoms with E-state index in [-0.39, 0.29) is 23.6 Å². The predicted octanol–water partition coefficient (Wildman–Crippen LogP) is 2.31. The number of ether oxygens (including phenoxy) is 2. The van der Waals surface area contributed by atoms with E-state index in [4.69, 9.17) is 9.47 Å². The van der Waals surface area contributed by atoms with Crippen LogP contribution in [0.5, 0.6) is 0 Å². The molecular formula is C15H22N2O3. The minimum Gasteiger partial charge on any atom is -0.457 e. The number of hydrogen-bond acceptors (Lipinski definition) is 4. The number of aromatic nitrogens is 2. The van der Waals surface area contributed by atoms with Gasteiger partial charge in [0.2, 0.25) is 0 Å². The first kappa shape index (κ1) is 13.6. The molecule has 2 aliphatic carbocycles. The number of carbonyl (C=O) groups is 1. The summed E-state index contributed by atoms with van der Waals surface area (Å²) in [6.45, 7) is 2.76. The molecule has 5 heteroatoms. The first-order valence-electron chi connectivity index (χ1n) is 7.48. The maximum atomic E-state index is 12.2. The molecule has 0 aliphatic heterocycles. The molecule has 0 bridgehead atoms. The van der Waals surface area contributed by atoms with Crippen molar-refractivity contribution in [2.24, 2.45) is 12.5 Å². The highest BCUT2D eigenvalue weighted by Crippen LogP contribution is 2.56. The molecule has 20 heavy (non-hydrogen) atoms. The van der Waals surface area contributed by atoms with E-state index in [1.807, 2.05) is 6.92 Å². The van der Waals surface area contributed by atoms with Crippen molar-refractivity contribution in [3.8, 4) is 0 Å². The van der Waals surface area contributed by atoms with Crippen LogP contribution in [0.3, 0.4) is 0 Å². The smallest absolute Gasteiger partial charge is 0.356 e. The van der Waals surface area contributed by atoms with E-state index in [9.17, 15) is 4.79 Å². The van der Waals surface area contributed by atoms with Gasteiger partial charge in [0.05, 0.1) is 6.10 Å². The van der Waals surface area contributed by atoms with E-state index in [0.29, 0.717) is 5.69 Å². The molecule has 1 aromatic rings. The van der Waals surface area contributed by atoms with Crippen LogP contribution < -0.4 is 0 Å². The molecule has 110 valence electrons. The lowest BCUT2D eigenvalue weighted by atomic mass is 9.62. The van der Waals surface area contributed by atoms with Crippen molar-refractivity contribution < 1.29 is 14.3 Å². The Morgan fingerprint density at radius 3 is 2.80 bits per heavy atom. The van der Waals surface area contributed by atoms with E-state index in [2.05, 4.69) is 5.10 Å². The molecule has 3 rings (SSSR count). The Hall–Kier alpha value is -1.36. The van der Waals surface area contributed by atoms with Gasteiger partial charge in [-0.05, 0) is 25.8 Å². The SMILES string of the molecule is CCO[C@@H]1C[C@@H](OC(=O)c2ccnn2C)C12CCCC2. The summed E-state index contributed by atoms with van der Waals surface area (Å²) in [5, 5.41) is 4.01. The molecule has 1 aromatic heterocycles. The van der Waals surface area contributed by atoms with Gasteiger partial charge in [0.1, 0.15) is 11.8 Å². The number of nitrogens with zero attached hydrogens (tertiary/aromatic N) is 2. The molecule has 0 saturated heterocycles. The van der Waals surface area contributed by atoms with Crippen LogP contribution in [0.15, 0.2) is 12.3 Å². The van der Waals surface area contributed by atoms with E-state index >= 15 is 0 Å². The second kappa shape index (κ2) is 5.20. The van der Waals surface area contributed by atoms with Gasteiger partial charge in [-0.2, -0.15) is 5.10 Å². The molecule has 0 amide bonds. The summed E-state index contributed by atoms with van der Waals surface area (Å²) >= 11 is 0. The Balaban J connectivity index is 1.69. The monoisotopic (exact) mass is 278 g/mol. The van der Waals surface area contributed by atoms with Crippen LogP contribution in [0.2, 0.25) is 0 Å². The van der Waals surface area contributed by atoms with Crippen LogP contribution in [0.25, 0.3) is 0 Å². The molecule has 0 radical (unpaired) electrons. The number of aryl methyl sites for hydroxylation is 1. The van der Waals surface area contributed by atoms with Crippen LogP contribution in [-0.4, -0.2) is 34.6 Å². The zero-order valence-corrected chi connectivity index (χ0v) is 12.2. The van der Waals surface area contributed by atoms with Crippen molar-refractivity contribution >= 4 is 5.97 Å². The zero-order valence-electron chi connectivity index (χ0n) is 12.2. The minimum absolute atomic E-state index is 0.00366.